The van der Waals surface area contributed by atoms with Crippen LogP contribution in [0, 0.1) is 5.82 Å². The molecule has 1 aromatic carbocycles. The molecule has 23 heavy (non-hydrogen) atoms. The number of nitrogens with zero attached hydrogens (tertiary/aromatic N) is 3. The van der Waals surface area contributed by atoms with Crippen LogP contribution in [-0.2, 0) is 19.5 Å². The van der Waals surface area contributed by atoms with Gasteiger partial charge in [-0.1, -0.05) is 19.1 Å². The van der Waals surface area contributed by atoms with E-state index in [-0.39, 0.29) is 5.82 Å². The lowest BCUT2D eigenvalue weighted by atomic mass is 10.2. The van der Waals surface area contributed by atoms with E-state index in [2.05, 4.69) is 27.1 Å². The molecule has 1 aromatic heterocycles. The van der Waals surface area contributed by atoms with Crippen LogP contribution < -0.4 is 0 Å². The molecule has 0 radical (unpaired) electrons. The van der Waals surface area contributed by atoms with Gasteiger partial charge in [-0.05, 0) is 43.6 Å². The van der Waals surface area contributed by atoms with E-state index >= 15 is 0 Å². The van der Waals surface area contributed by atoms with Gasteiger partial charge in [-0.25, -0.2) is 9.37 Å². The van der Waals surface area contributed by atoms with Crippen molar-refractivity contribution in [2.75, 3.05) is 26.2 Å². The molecule has 0 spiro atoms. The van der Waals surface area contributed by atoms with Crippen LogP contribution in [0.1, 0.15) is 29.6 Å². The lowest BCUT2D eigenvalue weighted by Gasteiger charge is -2.21. The van der Waals surface area contributed by atoms with Gasteiger partial charge in [-0.3, -0.25) is 9.80 Å². The van der Waals surface area contributed by atoms with E-state index in [9.17, 15) is 4.39 Å². The van der Waals surface area contributed by atoms with E-state index in [4.69, 9.17) is 0 Å². The van der Waals surface area contributed by atoms with Gasteiger partial charge in [0.25, 0.3) is 0 Å². The van der Waals surface area contributed by atoms with Crippen LogP contribution in [0.4, 0.5) is 4.39 Å². The molecular formula is C18H24FN3S. The maximum Gasteiger partial charge on any atom is 0.123 e. The lowest BCUT2D eigenvalue weighted by molar-refractivity contribution is 0.245. The molecule has 124 valence electrons. The number of aromatic nitrogens is 1. The van der Waals surface area contributed by atoms with Gasteiger partial charge < -0.3 is 0 Å². The van der Waals surface area contributed by atoms with Gasteiger partial charge in [0.1, 0.15) is 5.82 Å². The zero-order valence-corrected chi connectivity index (χ0v) is 14.5. The molecule has 1 aliphatic rings. The highest BCUT2D eigenvalue weighted by molar-refractivity contribution is 7.09. The van der Waals surface area contributed by atoms with Crippen LogP contribution in [0.5, 0.6) is 0 Å². The van der Waals surface area contributed by atoms with Crippen molar-refractivity contribution in [3.8, 4) is 0 Å². The Labute approximate surface area is 141 Å². The third-order valence-electron chi connectivity index (χ3n) is 4.29. The highest BCUT2D eigenvalue weighted by atomic mass is 32.1. The molecule has 0 amide bonds. The van der Waals surface area contributed by atoms with Gasteiger partial charge in [0.05, 0.1) is 10.7 Å². The Kier molecular flexibility index (Phi) is 5.75. The Bertz CT molecular complexity index is 611. The first-order valence-electron chi connectivity index (χ1n) is 8.35. The zero-order chi connectivity index (χ0) is 16.1. The number of rotatable bonds is 5. The van der Waals surface area contributed by atoms with Crippen LogP contribution in [0.3, 0.4) is 0 Å². The third kappa shape index (κ3) is 4.83. The van der Waals surface area contributed by atoms with Gasteiger partial charge in [0, 0.05) is 31.6 Å². The molecule has 2 aromatic rings. The summed E-state index contributed by atoms with van der Waals surface area (Å²) in [5, 5.41) is 3.42. The zero-order valence-electron chi connectivity index (χ0n) is 13.7. The lowest BCUT2D eigenvalue weighted by Crippen LogP contribution is -2.30. The Morgan fingerprint density at radius 3 is 2.39 bits per heavy atom. The summed E-state index contributed by atoms with van der Waals surface area (Å²) >= 11 is 1.77. The number of aryl methyl sites for hydroxylation is 1. The van der Waals surface area contributed by atoms with Crippen LogP contribution in [0.2, 0.25) is 0 Å². The fourth-order valence-electron chi connectivity index (χ4n) is 3.00. The predicted molar refractivity (Wildman–Crippen MR) is 93.1 cm³/mol. The summed E-state index contributed by atoms with van der Waals surface area (Å²) in [4.78, 5) is 9.64. The molecule has 1 fully saturated rings. The molecule has 3 nitrogen and oxygen atoms in total. The van der Waals surface area contributed by atoms with Crippen LogP contribution >= 0.6 is 11.3 Å². The van der Waals surface area contributed by atoms with Crippen molar-refractivity contribution < 1.29 is 4.39 Å². The summed E-state index contributed by atoms with van der Waals surface area (Å²) in [7, 11) is 0. The van der Waals surface area contributed by atoms with Gasteiger partial charge in [0.2, 0.25) is 0 Å². The van der Waals surface area contributed by atoms with Gasteiger partial charge in [0.15, 0.2) is 0 Å². The van der Waals surface area contributed by atoms with Crippen molar-refractivity contribution >= 4 is 11.3 Å². The van der Waals surface area contributed by atoms with Crippen molar-refractivity contribution in [1.82, 2.24) is 14.8 Å². The Hall–Kier alpha value is -1.30. The second kappa shape index (κ2) is 7.99. The number of hydrogen-bond donors (Lipinski definition) is 0. The Morgan fingerprint density at radius 2 is 1.74 bits per heavy atom. The molecule has 5 heteroatoms. The first kappa shape index (κ1) is 16.6. The van der Waals surface area contributed by atoms with Gasteiger partial charge >= 0.3 is 0 Å². The summed E-state index contributed by atoms with van der Waals surface area (Å²) in [5.74, 6) is -0.162. The van der Waals surface area contributed by atoms with Crippen molar-refractivity contribution in [2.45, 2.75) is 32.9 Å². The second-order valence-electron chi connectivity index (χ2n) is 6.12. The van der Waals surface area contributed by atoms with Gasteiger partial charge in [-0.15, -0.1) is 11.3 Å². The normalized spacial score (nSPS) is 17.3. The minimum absolute atomic E-state index is 0.162. The molecule has 0 saturated carbocycles. The van der Waals surface area contributed by atoms with Crippen LogP contribution in [0.15, 0.2) is 29.6 Å². The fourth-order valence-corrected chi connectivity index (χ4v) is 3.74. The minimum Gasteiger partial charge on any atom is -0.298 e. The maximum atomic E-state index is 13.0. The summed E-state index contributed by atoms with van der Waals surface area (Å²) in [6, 6.07) is 6.87. The Morgan fingerprint density at radius 1 is 1.04 bits per heavy atom. The molecule has 0 atom stereocenters. The topological polar surface area (TPSA) is 19.4 Å². The molecule has 1 saturated heterocycles. The first-order chi connectivity index (χ1) is 11.2. The number of halogens is 1. The average Bonchev–Trinajstić information content (AvgIpc) is 2.90. The molecule has 2 heterocycles. The number of benzene rings is 1. The number of hydrogen-bond acceptors (Lipinski definition) is 4. The minimum atomic E-state index is -0.162. The third-order valence-corrected chi connectivity index (χ3v) is 5.33. The van der Waals surface area contributed by atoms with E-state index in [0.717, 1.165) is 45.7 Å². The van der Waals surface area contributed by atoms with E-state index in [0.29, 0.717) is 0 Å². The monoisotopic (exact) mass is 333 g/mol. The van der Waals surface area contributed by atoms with Crippen molar-refractivity contribution in [3.05, 3.63) is 51.7 Å². The molecule has 3 rings (SSSR count). The first-order valence-corrected chi connectivity index (χ1v) is 9.23. The van der Waals surface area contributed by atoms with Crippen molar-refractivity contribution in [3.63, 3.8) is 0 Å². The molecule has 0 aliphatic carbocycles. The van der Waals surface area contributed by atoms with Crippen LogP contribution in [0.25, 0.3) is 0 Å². The molecule has 0 unspecified atom stereocenters. The smallest absolute Gasteiger partial charge is 0.123 e. The van der Waals surface area contributed by atoms with E-state index in [1.807, 2.05) is 12.1 Å². The summed E-state index contributed by atoms with van der Waals surface area (Å²) in [5.41, 5.74) is 2.39. The molecule has 0 N–H and O–H groups in total. The highest BCUT2D eigenvalue weighted by Crippen LogP contribution is 2.15. The summed E-state index contributed by atoms with van der Waals surface area (Å²) in [6.45, 7) is 8.37. The maximum absolute atomic E-state index is 13.0. The van der Waals surface area contributed by atoms with E-state index in [1.54, 1.807) is 23.5 Å². The quantitative estimate of drug-likeness (QED) is 0.834. The average molecular weight is 333 g/mol. The van der Waals surface area contributed by atoms with Crippen molar-refractivity contribution in [1.29, 1.82) is 0 Å². The standard InChI is InChI=1S/C18H24FN3S/c1-2-18-20-17(14-23-18)13-22-9-3-8-21(10-11-22)12-15-4-6-16(19)7-5-15/h4-7,14H,2-3,8-13H2,1H3. The molecular weight excluding hydrogens is 309 g/mol. The SMILES string of the molecule is CCc1nc(CN2CCCN(Cc3ccc(F)cc3)CC2)cs1. The summed E-state index contributed by atoms with van der Waals surface area (Å²) in [6.07, 6.45) is 2.20. The summed E-state index contributed by atoms with van der Waals surface area (Å²) < 4.78 is 13.0. The molecule has 1 aliphatic heterocycles. The van der Waals surface area contributed by atoms with Gasteiger partial charge in [-0.2, -0.15) is 0 Å². The van der Waals surface area contributed by atoms with Crippen LogP contribution in [-0.4, -0.2) is 41.0 Å². The number of thiazole rings is 1. The van der Waals surface area contributed by atoms with E-state index in [1.165, 1.54) is 22.7 Å². The highest BCUT2D eigenvalue weighted by Gasteiger charge is 2.16. The fraction of sp³-hybridized carbons (Fsp3) is 0.500. The largest absolute Gasteiger partial charge is 0.298 e. The Balaban J connectivity index is 1.51. The van der Waals surface area contributed by atoms with E-state index < -0.39 is 0 Å². The second-order valence-corrected chi connectivity index (χ2v) is 7.06. The van der Waals surface area contributed by atoms with Crippen molar-refractivity contribution in [2.24, 2.45) is 0 Å². The predicted octanol–water partition coefficient (Wildman–Crippen LogP) is 3.55. The molecule has 0 bridgehead atoms.